The SMILES string of the molecule is CCc1ccccc1OCC(=O)/C=C1/N(C)c2ccccc2C1(C)C. The third-order valence-corrected chi connectivity index (χ3v) is 4.96. The number of nitrogens with zero attached hydrogens (tertiary/aromatic N) is 1. The summed E-state index contributed by atoms with van der Waals surface area (Å²) in [6.45, 7) is 6.45. The Morgan fingerprint density at radius 1 is 1.12 bits per heavy atom. The molecule has 2 aromatic rings. The van der Waals surface area contributed by atoms with Crippen molar-refractivity contribution in [2.75, 3.05) is 18.6 Å². The van der Waals surface area contributed by atoms with Gasteiger partial charge in [-0.15, -0.1) is 0 Å². The van der Waals surface area contributed by atoms with Crippen LogP contribution in [0.25, 0.3) is 0 Å². The minimum atomic E-state index is -0.192. The first-order chi connectivity index (χ1) is 11.9. The Labute approximate surface area is 149 Å². The third kappa shape index (κ3) is 3.19. The fourth-order valence-electron chi connectivity index (χ4n) is 3.54. The number of carbonyl (C=O) groups is 1. The van der Waals surface area contributed by atoms with E-state index >= 15 is 0 Å². The van der Waals surface area contributed by atoms with Gasteiger partial charge in [0.2, 0.25) is 0 Å². The summed E-state index contributed by atoms with van der Waals surface area (Å²) in [4.78, 5) is 14.6. The van der Waals surface area contributed by atoms with E-state index in [2.05, 4.69) is 37.8 Å². The number of ether oxygens (including phenoxy) is 1. The fourth-order valence-corrected chi connectivity index (χ4v) is 3.54. The lowest BCUT2D eigenvalue weighted by Crippen LogP contribution is -2.25. The molecule has 130 valence electrons. The average Bonchev–Trinajstić information content (AvgIpc) is 2.81. The molecular formula is C22H25NO2. The molecule has 0 aliphatic carbocycles. The second kappa shape index (κ2) is 6.75. The zero-order valence-electron chi connectivity index (χ0n) is 15.4. The van der Waals surface area contributed by atoms with E-state index in [-0.39, 0.29) is 17.8 Å². The van der Waals surface area contributed by atoms with Crippen molar-refractivity contribution in [1.82, 2.24) is 0 Å². The molecule has 0 aromatic heterocycles. The van der Waals surface area contributed by atoms with Gasteiger partial charge in [-0.2, -0.15) is 0 Å². The molecule has 0 saturated carbocycles. The third-order valence-electron chi connectivity index (χ3n) is 4.96. The van der Waals surface area contributed by atoms with Gasteiger partial charge in [-0.1, -0.05) is 57.2 Å². The van der Waals surface area contributed by atoms with Gasteiger partial charge in [-0.3, -0.25) is 4.79 Å². The van der Waals surface area contributed by atoms with E-state index in [0.29, 0.717) is 0 Å². The molecule has 2 aromatic carbocycles. The molecule has 0 N–H and O–H groups in total. The van der Waals surface area contributed by atoms with Crippen LogP contribution in [0.2, 0.25) is 0 Å². The minimum Gasteiger partial charge on any atom is -0.485 e. The zero-order valence-corrected chi connectivity index (χ0v) is 15.4. The standard InChI is InChI=1S/C22H25NO2/c1-5-16-10-6-9-13-20(16)25-15-17(24)14-21-22(2,3)18-11-7-8-12-19(18)23(21)4/h6-14H,5,15H2,1-4H3/b21-14+. The van der Waals surface area contributed by atoms with Gasteiger partial charge in [0.15, 0.2) is 12.4 Å². The number of benzene rings is 2. The number of hydrogen-bond donors (Lipinski definition) is 0. The van der Waals surface area contributed by atoms with Crippen LogP contribution >= 0.6 is 0 Å². The molecule has 0 bridgehead atoms. The van der Waals surface area contributed by atoms with Crippen LogP contribution in [-0.2, 0) is 16.6 Å². The molecule has 0 spiro atoms. The van der Waals surface area contributed by atoms with E-state index in [4.69, 9.17) is 4.74 Å². The van der Waals surface area contributed by atoms with Gasteiger partial charge >= 0.3 is 0 Å². The number of ketones is 1. The maximum atomic E-state index is 12.5. The number of likely N-dealkylation sites (N-methyl/N-ethyl adjacent to an activating group) is 1. The van der Waals surface area contributed by atoms with Gasteiger partial charge in [0.05, 0.1) is 0 Å². The summed E-state index contributed by atoms with van der Waals surface area (Å²) in [6.07, 6.45) is 2.62. The molecule has 0 atom stereocenters. The first-order valence-corrected chi connectivity index (χ1v) is 8.74. The van der Waals surface area contributed by atoms with Crippen LogP contribution in [0.1, 0.15) is 31.9 Å². The molecule has 25 heavy (non-hydrogen) atoms. The summed E-state index contributed by atoms with van der Waals surface area (Å²) in [7, 11) is 2.01. The first kappa shape index (κ1) is 17.3. The highest BCUT2D eigenvalue weighted by atomic mass is 16.5. The highest BCUT2D eigenvalue weighted by molar-refractivity contribution is 5.93. The Kier molecular flexibility index (Phi) is 4.67. The number of rotatable bonds is 5. The predicted molar refractivity (Wildman–Crippen MR) is 102 cm³/mol. The Bertz CT molecular complexity index is 820. The molecule has 0 radical (unpaired) electrons. The molecule has 3 rings (SSSR count). The lowest BCUT2D eigenvalue weighted by atomic mass is 9.83. The summed E-state index contributed by atoms with van der Waals surface area (Å²) >= 11 is 0. The van der Waals surface area contributed by atoms with Gasteiger partial charge < -0.3 is 9.64 Å². The number of fused-ring (bicyclic) bond motifs is 1. The smallest absolute Gasteiger partial charge is 0.194 e. The Balaban J connectivity index is 1.78. The van der Waals surface area contributed by atoms with Gasteiger partial charge in [0, 0.05) is 29.9 Å². The van der Waals surface area contributed by atoms with Crippen molar-refractivity contribution in [2.45, 2.75) is 32.6 Å². The van der Waals surface area contributed by atoms with Gasteiger partial charge in [0.25, 0.3) is 0 Å². The van der Waals surface area contributed by atoms with Crippen molar-refractivity contribution in [1.29, 1.82) is 0 Å². The topological polar surface area (TPSA) is 29.5 Å². The Morgan fingerprint density at radius 3 is 2.52 bits per heavy atom. The molecular weight excluding hydrogens is 310 g/mol. The van der Waals surface area contributed by atoms with Crippen LogP contribution in [-0.4, -0.2) is 19.4 Å². The second-order valence-corrected chi connectivity index (χ2v) is 6.95. The number of anilines is 1. The molecule has 3 heteroatoms. The van der Waals surface area contributed by atoms with Crippen LogP contribution in [0, 0.1) is 0 Å². The van der Waals surface area contributed by atoms with Crippen LogP contribution in [0.3, 0.4) is 0 Å². The summed E-state index contributed by atoms with van der Waals surface area (Å²) in [5.41, 5.74) is 4.33. The summed E-state index contributed by atoms with van der Waals surface area (Å²) in [6, 6.07) is 16.2. The molecule has 0 fully saturated rings. The summed E-state index contributed by atoms with van der Waals surface area (Å²) < 4.78 is 5.77. The van der Waals surface area contributed by atoms with Crippen LogP contribution < -0.4 is 9.64 Å². The molecule has 0 amide bonds. The molecule has 0 saturated heterocycles. The Hall–Kier alpha value is -2.55. The highest BCUT2D eigenvalue weighted by Crippen LogP contribution is 2.46. The minimum absolute atomic E-state index is 0.0198. The summed E-state index contributed by atoms with van der Waals surface area (Å²) in [5, 5.41) is 0. The molecule has 1 aliphatic heterocycles. The maximum absolute atomic E-state index is 12.5. The average molecular weight is 335 g/mol. The number of para-hydroxylation sites is 2. The van der Waals surface area contributed by atoms with Crippen LogP contribution in [0.4, 0.5) is 5.69 Å². The van der Waals surface area contributed by atoms with Gasteiger partial charge in [0.1, 0.15) is 5.75 Å². The van der Waals surface area contributed by atoms with Crippen molar-refractivity contribution in [3.05, 3.63) is 71.4 Å². The zero-order chi connectivity index (χ0) is 18.0. The largest absolute Gasteiger partial charge is 0.485 e. The fraction of sp³-hybridized carbons (Fsp3) is 0.318. The molecule has 3 nitrogen and oxygen atoms in total. The monoisotopic (exact) mass is 335 g/mol. The quantitative estimate of drug-likeness (QED) is 0.753. The van der Waals surface area contributed by atoms with Gasteiger partial charge in [-0.05, 0) is 29.7 Å². The first-order valence-electron chi connectivity index (χ1n) is 8.74. The van der Waals surface area contributed by atoms with Crippen LogP contribution in [0.5, 0.6) is 5.75 Å². The van der Waals surface area contributed by atoms with Gasteiger partial charge in [-0.25, -0.2) is 0 Å². The number of allylic oxidation sites excluding steroid dienone is 1. The maximum Gasteiger partial charge on any atom is 0.194 e. The normalized spacial score (nSPS) is 16.8. The highest BCUT2D eigenvalue weighted by Gasteiger charge is 2.38. The van der Waals surface area contributed by atoms with Crippen molar-refractivity contribution < 1.29 is 9.53 Å². The lowest BCUT2D eigenvalue weighted by molar-refractivity contribution is -0.116. The lowest BCUT2D eigenvalue weighted by Gasteiger charge is -2.24. The molecule has 1 heterocycles. The van der Waals surface area contributed by atoms with Crippen molar-refractivity contribution in [3.8, 4) is 5.75 Å². The number of aryl methyl sites for hydroxylation is 1. The van der Waals surface area contributed by atoms with Crippen molar-refractivity contribution >= 4 is 11.5 Å². The van der Waals surface area contributed by atoms with Crippen molar-refractivity contribution in [3.63, 3.8) is 0 Å². The van der Waals surface area contributed by atoms with E-state index in [1.54, 1.807) is 6.08 Å². The van der Waals surface area contributed by atoms with E-state index in [1.165, 1.54) is 5.56 Å². The second-order valence-electron chi connectivity index (χ2n) is 6.95. The van der Waals surface area contributed by atoms with Crippen molar-refractivity contribution in [2.24, 2.45) is 0 Å². The number of hydrogen-bond acceptors (Lipinski definition) is 3. The Morgan fingerprint density at radius 2 is 1.80 bits per heavy atom. The predicted octanol–water partition coefficient (Wildman–Crippen LogP) is 4.51. The molecule has 1 aliphatic rings. The van der Waals surface area contributed by atoms with Crippen LogP contribution in [0.15, 0.2) is 60.3 Å². The molecule has 0 unspecified atom stereocenters. The number of carbonyl (C=O) groups excluding carboxylic acids is 1. The van der Waals surface area contributed by atoms with E-state index < -0.39 is 0 Å². The summed E-state index contributed by atoms with van der Waals surface area (Å²) in [5.74, 6) is 0.771. The van der Waals surface area contributed by atoms with E-state index in [1.807, 2.05) is 43.4 Å². The van der Waals surface area contributed by atoms with E-state index in [9.17, 15) is 4.79 Å². The van der Waals surface area contributed by atoms with E-state index in [0.717, 1.165) is 29.1 Å².